The van der Waals surface area contributed by atoms with Gasteiger partial charge in [0.05, 0.1) is 6.42 Å². The van der Waals surface area contributed by atoms with Gasteiger partial charge in [-0.2, -0.15) is 0 Å². The summed E-state index contributed by atoms with van der Waals surface area (Å²) < 4.78 is 26.4. The first kappa shape index (κ1) is 22.5. The maximum Gasteiger partial charge on any atom is 0.250 e. The standard InChI is InChI=1S/C24H34BF2N/c1-6-9-17(2)10-7-11-18(3)21-13-8-12-20-14-23(25-16-22(20)21)28-19(4)15-24(5,26)27/h8,12-13,23,25,28H,2-4,6-7,9-11,14-16H2,1,5H3. The van der Waals surface area contributed by atoms with Gasteiger partial charge < -0.3 is 5.32 Å². The monoisotopic (exact) mass is 385 g/mol. The summed E-state index contributed by atoms with van der Waals surface area (Å²) in [5.41, 5.74) is 6.91. The van der Waals surface area contributed by atoms with Crippen molar-refractivity contribution in [2.75, 3.05) is 0 Å². The maximum absolute atomic E-state index is 13.2. The Bertz CT molecular complexity index is 718. The summed E-state index contributed by atoms with van der Waals surface area (Å²) in [7, 11) is 0.929. The highest BCUT2D eigenvalue weighted by atomic mass is 19.3. The molecule has 0 amide bonds. The summed E-state index contributed by atoms with van der Waals surface area (Å²) >= 11 is 0. The third kappa shape index (κ3) is 6.96. The Kier molecular flexibility index (Phi) is 8.09. The number of benzene rings is 1. The van der Waals surface area contributed by atoms with Crippen LogP contribution in [-0.4, -0.2) is 19.1 Å². The topological polar surface area (TPSA) is 12.0 Å². The third-order valence-electron chi connectivity index (χ3n) is 5.41. The lowest BCUT2D eigenvalue weighted by Gasteiger charge is -2.29. The molecule has 1 aliphatic heterocycles. The molecule has 1 aromatic carbocycles. The Labute approximate surface area is 170 Å². The van der Waals surface area contributed by atoms with E-state index in [-0.39, 0.29) is 12.4 Å². The van der Waals surface area contributed by atoms with Crippen molar-refractivity contribution in [1.29, 1.82) is 0 Å². The summed E-state index contributed by atoms with van der Waals surface area (Å²) in [4.78, 5) is 0. The predicted molar refractivity (Wildman–Crippen MR) is 119 cm³/mol. The Morgan fingerprint density at radius 1 is 1.21 bits per heavy atom. The minimum atomic E-state index is -2.72. The van der Waals surface area contributed by atoms with Crippen molar-refractivity contribution in [3.63, 3.8) is 0 Å². The Morgan fingerprint density at radius 2 is 1.96 bits per heavy atom. The Morgan fingerprint density at radius 3 is 2.64 bits per heavy atom. The minimum absolute atomic E-state index is 0.170. The largest absolute Gasteiger partial charge is 0.393 e. The van der Waals surface area contributed by atoms with Crippen molar-refractivity contribution in [3.05, 3.63) is 65.9 Å². The zero-order valence-electron chi connectivity index (χ0n) is 17.6. The highest BCUT2D eigenvalue weighted by Gasteiger charge is 2.26. The molecule has 4 heteroatoms. The number of nitrogens with one attached hydrogen (secondary N) is 1. The first-order chi connectivity index (χ1) is 13.2. The van der Waals surface area contributed by atoms with Crippen molar-refractivity contribution in [3.8, 4) is 0 Å². The van der Waals surface area contributed by atoms with E-state index in [0.29, 0.717) is 5.70 Å². The molecule has 28 heavy (non-hydrogen) atoms. The average Bonchev–Trinajstić information content (AvgIpc) is 2.59. The fraction of sp³-hybridized carbons (Fsp3) is 0.500. The highest BCUT2D eigenvalue weighted by molar-refractivity contribution is 6.38. The van der Waals surface area contributed by atoms with Crippen LogP contribution < -0.4 is 5.32 Å². The molecule has 0 saturated heterocycles. The van der Waals surface area contributed by atoms with Crippen LogP contribution in [-0.2, 0) is 12.7 Å². The van der Waals surface area contributed by atoms with Gasteiger partial charge in [-0.25, -0.2) is 8.78 Å². The van der Waals surface area contributed by atoms with Crippen LogP contribution in [0.4, 0.5) is 8.78 Å². The molecular weight excluding hydrogens is 351 g/mol. The predicted octanol–water partition coefficient (Wildman–Crippen LogP) is 6.19. The van der Waals surface area contributed by atoms with E-state index < -0.39 is 5.92 Å². The molecule has 0 bridgehead atoms. The fourth-order valence-electron chi connectivity index (χ4n) is 4.14. The number of alkyl halides is 2. The molecule has 1 N–H and O–H groups in total. The molecule has 0 saturated carbocycles. The molecule has 0 spiro atoms. The van der Waals surface area contributed by atoms with Crippen LogP contribution in [0.25, 0.3) is 5.57 Å². The van der Waals surface area contributed by atoms with E-state index in [0.717, 1.165) is 59.0 Å². The van der Waals surface area contributed by atoms with E-state index in [1.165, 1.54) is 27.8 Å². The smallest absolute Gasteiger partial charge is 0.250 e. The van der Waals surface area contributed by atoms with Gasteiger partial charge in [-0.15, -0.1) is 0 Å². The maximum atomic E-state index is 13.2. The van der Waals surface area contributed by atoms with Crippen LogP contribution in [0.15, 0.2) is 49.2 Å². The average molecular weight is 385 g/mol. The molecule has 0 aliphatic carbocycles. The molecule has 0 aromatic heterocycles. The van der Waals surface area contributed by atoms with Gasteiger partial charge in [0.2, 0.25) is 0 Å². The molecule has 1 unspecified atom stereocenters. The number of allylic oxidation sites excluding steroid dienone is 3. The van der Waals surface area contributed by atoms with E-state index in [1.54, 1.807) is 0 Å². The Balaban J connectivity index is 1.95. The van der Waals surface area contributed by atoms with Gasteiger partial charge in [-0.05, 0) is 67.6 Å². The van der Waals surface area contributed by atoms with Crippen molar-refractivity contribution in [2.24, 2.45) is 0 Å². The molecule has 1 atom stereocenters. The van der Waals surface area contributed by atoms with Gasteiger partial charge in [0.1, 0.15) is 0 Å². The lowest BCUT2D eigenvalue weighted by molar-refractivity contribution is 0.0211. The van der Waals surface area contributed by atoms with Gasteiger partial charge in [-0.1, -0.05) is 56.9 Å². The summed E-state index contributed by atoms with van der Waals surface area (Å²) in [6, 6.07) is 6.42. The van der Waals surface area contributed by atoms with Gasteiger partial charge in [-0.3, -0.25) is 0 Å². The van der Waals surface area contributed by atoms with E-state index in [4.69, 9.17) is 0 Å². The number of hydrogen-bond acceptors (Lipinski definition) is 1. The van der Waals surface area contributed by atoms with Gasteiger partial charge in [0, 0.05) is 11.6 Å². The summed E-state index contributed by atoms with van der Waals surface area (Å²) in [6.07, 6.45) is 6.90. The Hall–Kier alpha value is -1.84. The second-order valence-electron chi connectivity index (χ2n) is 8.33. The fourth-order valence-corrected chi connectivity index (χ4v) is 4.14. The number of halogens is 2. The van der Waals surface area contributed by atoms with Crippen molar-refractivity contribution >= 4 is 12.9 Å². The first-order valence-corrected chi connectivity index (χ1v) is 10.5. The normalized spacial score (nSPS) is 16.1. The number of fused-ring (bicyclic) bond motifs is 1. The summed E-state index contributed by atoms with van der Waals surface area (Å²) in [5, 5.41) is 3.22. The summed E-state index contributed by atoms with van der Waals surface area (Å²) in [6.45, 7) is 15.4. The van der Waals surface area contributed by atoms with Gasteiger partial charge in [0.25, 0.3) is 5.92 Å². The van der Waals surface area contributed by atoms with Crippen molar-refractivity contribution in [1.82, 2.24) is 5.32 Å². The molecular formula is C24H34BF2N. The molecule has 0 radical (unpaired) electrons. The van der Waals surface area contributed by atoms with E-state index in [9.17, 15) is 8.78 Å². The van der Waals surface area contributed by atoms with Crippen LogP contribution in [0.1, 0.15) is 69.1 Å². The van der Waals surface area contributed by atoms with Crippen LogP contribution in [0.5, 0.6) is 0 Å². The highest BCUT2D eigenvalue weighted by Crippen LogP contribution is 2.30. The third-order valence-corrected chi connectivity index (χ3v) is 5.41. The quantitative estimate of drug-likeness (QED) is 0.354. The number of rotatable bonds is 11. The van der Waals surface area contributed by atoms with E-state index in [1.807, 2.05) is 0 Å². The molecule has 1 nitrogen and oxygen atoms in total. The zero-order valence-corrected chi connectivity index (χ0v) is 17.6. The zero-order chi connectivity index (χ0) is 20.7. The minimum Gasteiger partial charge on any atom is -0.393 e. The van der Waals surface area contributed by atoms with Crippen molar-refractivity contribution < 1.29 is 8.78 Å². The van der Waals surface area contributed by atoms with Gasteiger partial charge in [0.15, 0.2) is 7.28 Å². The van der Waals surface area contributed by atoms with Crippen molar-refractivity contribution in [2.45, 2.75) is 77.0 Å². The lowest BCUT2D eigenvalue weighted by atomic mass is 9.57. The summed E-state index contributed by atoms with van der Waals surface area (Å²) in [5.74, 6) is -2.55. The number of hydrogen-bond donors (Lipinski definition) is 1. The van der Waals surface area contributed by atoms with E-state index in [2.05, 4.69) is 50.2 Å². The van der Waals surface area contributed by atoms with Crippen LogP contribution in [0, 0.1) is 0 Å². The molecule has 0 fully saturated rings. The second-order valence-corrected chi connectivity index (χ2v) is 8.33. The molecule has 1 aliphatic rings. The molecule has 2 rings (SSSR count). The SMILES string of the molecule is C=C(CCC)CCCC(=C)c1cccc2c1CBC(NC(=C)CC(C)(F)F)C2. The van der Waals surface area contributed by atoms with Crippen LogP contribution in [0.2, 0.25) is 0 Å². The lowest BCUT2D eigenvalue weighted by Crippen LogP contribution is -2.41. The second kappa shape index (κ2) is 10.1. The molecule has 1 heterocycles. The molecule has 152 valence electrons. The van der Waals surface area contributed by atoms with E-state index >= 15 is 0 Å². The van der Waals surface area contributed by atoms with Crippen LogP contribution in [0.3, 0.4) is 0 Å². The van der Waals surface area contributed by atoms with Crippen LogP contribution >= 0.6 is 0 Å². The first-order valence-electron chi connectivity index (χ1n) is 10.5. The van der Waals surface area contributed by atoms with Gasteiger partial charge >= 0.3 is 0 Å². The molecule has 1 aromatic rings.